The molecule has 1 aliphatic carbocycles. The van der Waals surface area contributed by atoms with Crippen molar-refractivity contribution >= 4 is 11.8 Å². The van der Waals surface area contributed by atoms with Crippen LogP contribution in [0.15, 0.2) is 36.4 Å². The van der Waals surface area contributed by atoms with Gasteiger partial charge in [-0.15, -0.1) is 0 Å². The minimum Gasteiger partial charge on any atom is -0.355 e. The van der Waals surface area contributed by atoms with Crippen LogP contribution in [0.5, 0.6) is 0 Å². The van der Waals surface area contributed by atoms with E-state index < -0.39 is 0 Å². The summed E-state index contributed by atoms with van der Waals surface area (Å²) in [6.45, 7) is 0.576. The van der Waals surface area contributed by atoms with E-state index in [0.29, 0.717) is 12.1 Å². The summed E-state index contributed by atoms with van der Waals surface area (Å²) in [7, 11) is 3.45. The molecule has 0 aliphatic heterocycles. The van der Waals surface area contributed by atoms with Crippen LogP contribution in [-0.2, 0) is 11.3 Å². The number of nitrogens with one attached hydrogen (secondary N) is 1. The minimum absolute atomic E-state index is 0.0972. The molecule has 4 nitrogen and oxygen atoms in total. The molecule has 0 bridgehead atoms. The van der Waals surface area contributed by atoms with E-state index in [-0.39, 0.29) is 17.7 Å². The molecule has 0 aromatic heterocycles. The van der Waals surface area contributed by atoms with Gasteiger partial charge in [0, 0.05) is 32.1 Å². The van der Waals surface area contributed by atoms with Crippen LogP contribution in [0.25, 0.3) is 0 Å². The Kier molecular flexibility index (Phi) is 5.14. The van der Waals surface area contributed by atoms with Crippen LogP contribution in [0.3, 0.4) is 0 Å². The fourth-order valence-corrected chi connectivity index (χ4v) is 2.59. The Balaban J connectivity index is 1.95. The average molecular weight is 286 g/mol. The summed E-state index contributed by atoms with van der Waals surface area (Å²) in [4.78, 5) is 25.6. The molecule has 1 unspecified atom stereocenters. The van der Waals surface area contributed by atoms with Crippen LogP contribution < -0.4 is 5.32 Å². The van der Waals surface area contributed by atoms with Gasteiger partial charge >= 0.3 is 0 Å². The van der Waals surface area contributed by atoms with Crippen molar-refractivity contribution in [1.29, 1.82) is 0 Å². The van der Waals surface area contributed by atoms with Gasteiger partial charge in [0.05, 0.1) is 0 Å². The number of hydrogen-bond donors (Lipinski definition) is 1. The molecule has 0 fully saturated rings. The molecule has 4 heteroatoms. The monoisotopic (exact) mass is 286 g/mol. The van der Waals surface area contributed by atoms with Crippen molar-refractivity contribution in [2.24, 2.45) is 5.92 Å². The van der Waals surface area contributed by atoms with Crippen molar-refractivity contribution in [2.75, 3.05) is 14.1 Å². The molecule has 112 valence electrons. The molecule has 0 spiro atoms. The quantitative estimate of drug-likeness (QED) is 0.864. The number of amides is 2. The third kappa shape index (κ3) is 3.94. The molecular weight excluding hydrogens is 264 g/mol. The zero-order chi connectivity index (χ0) is 15.2. The van der Waals surface area contributed by atoms with Crippen LogP contribution in [0.1, 0.15) is 35.2 Å². The lowest BCUT2D eigenvalue weighted by Crippen LogP contribution is -2.33. The van der Waals surface area contributed by atoms with Crippen molar-refractivity contribution in [2.45, 2.75) is 25.8 Å². The van der Waals surface area contributed by atoms with Gasteiger partial charge in [-0.3, -0.25) is 9.59 Å². The Morgan fingerprint density at radius 2 is 1.95 bits per heavy atom. The topological polar surface area (TPSA) is 49.4 Å². The molecule has 0 saturated heterocycles. The average Bonchev–Trinajstić information content (AvgIpc) is 2.55. The molecule has 1 aromatic rings. The summed E-state index contributed by atoms with van der Waals surface area (Å²) >= 11 is 0. The highest BCUT2D eigenvalue weighted by Gasteiger charge is 2.22. The molecule has 0 saturated carbocycles. The van der Waals surface area contributed by atoms with E-state index >= 15 is 0 Å². The highest BCUT2D eigenvalue weighted by atomic mass is 16.2. The van der Waals surface area contributed by atoms with Gasteiger partial charge in [0.15, 0.2) is 0 Å². The number of carbonyl (C=O) groups is 2. The van der Waals surface area contributed by atoms with Gasteiger partial charge in [0.1, 0.15) is 0 Å². The van der Waals surface area contributed by atoms with Crippen LogP contribution in [0.2, 0.25) is 0 Å². The van der Waals surface area contributed by atoms with Crippen LogP contribution in [0, 0.1) is 5.92 Å². The van der Waals surface area contributed by atoms with Gasteiger partial charge in [-0.2, -0.15) is 0 Å². The lowest BCUT2D eigenvalue weighted by molar-refractivity contribution is -0.135. The fourth-order valence-electron chi connectivity index (χ4n) is 2.59. The van der Waals surface area contributed by atoms with Crippen molar-refractivity contribution in [3.63, 3.8) is 0 Å². The van der Waals surface area contributed by atoms with Gasteiger partial charge in [0.25, 0.3) is 5.91 Å². The van der Waals surface area contributed by atoms with Gasteiger partial charge in [-0.25, -0.2) is 0 Å². The zero-order valence-corrected chi connectivity index (χ0v) is 12.6. The summed E-state index contributed by atoms with van der Waals surface area (Å²) in [5, 5.41) is 2.59. The number of hydrogen-bond acceptors (Lipinski definition) is 2. The van der Waals surface area contributed by atoms with Crippen LogP contribution in [0.4, 0.5) is 0 Å². The first-order valence-corrected chi connectivity index (χ1v) is 7.33. The maximum Gasteiger partial charge on any atom is 0.251 e. The molecule has 2 amide bonds. The lowest BCUT2D eigenvalue weighted by atomic mass is 9.93. The van der Waals surface area contributed by atoms with Crippen molar-refractivity contribution in [3.05, 3.63) is 47.5 Å². The Morgan fingerprint density at radius 3 is 2.52 bits per heavy atom. The summed E-state index contributed by atoms with van der Waals surface area (Å²) in [6.07, 6.45) is 7.01. The standard InChI is InChI=1S/C17H22N2O2/c1-18-16(20)14-10-8-13(9-11-14)12-19(2)17(21)15-6-4-3-5-7-15/h3-4,8-11,15H,5-7,12H2,1-2H3,(H,18,20). The third-order valence-electron chi connectivity index (χ3n) is 3.86. The van der Waals surface area contributed by atoms with Gasteiger partial charge in [-0.1, -0.05) is 24.3 Å². The molecule has 1 aromatic carbocycles. The maximum absolute atomic E-state index is 12.4. The minimum atomic E-state index is -0.0972. The summed E-state index contributed by atoms with van der Waals surface area (Å²) in [5.74, 6) is 0.222. The van der Waals surface area contributed by atoms with Gasteiger partial charge < -0.3 is 10.2 Å². The van der Waals surface area contributed by atoms with E-state index in [1.807, 2.05) is 19.2 Å². The van der Waals surface area contributed by atoms with Crippen molar-refractivity contribution < 1.29 is 9.59 Å². The first-order valence-electron chi connectivity index (χ1n) is 7.33. The van der Waals surface area contributed by atoms with Crippen LogP contribution >= 0.6 is 0 Å². The van der Waals surface area contributed by atoms with Crippen LogP contribution in [-0.4, -0.2) is 30.8 Å². The van der Waals surface area contributed by atoms with E-state index in [9.17, 15) is 9.59 Å². The predicted octanol–water partition coefficient (Wildman–Crippen LogP) is 2.36. The Morgan fingerprint density at radius 1 is 1.24 bits per heavy atom. The second-order valence-corrected chi connectivity index (χ2v) is 5.45. The molecule has 0 radical (unpaired) electrons. The SMILES string of the molecule is CNC(=O)c1ccc(CN(C)C(=O)C2CC=CCC2)cc1. The second-order valence-electron chi connectivity index (χ2n) is 5.45. The predicted molar refractivity (Wildman–Crippen MR) is 82.8 cm³/mol. The Hall–Kier alpha value is -2.10. The molecule has 21 heavy (non-hydrogen) atoms. The first-order chi connectivity index (χ1) is 10.1. The number of benzene rings is 1. The van der Waals surface area contributed by atoms with Gasteiger partial charge in [-0.05, 0) is 37.0 Å². The number of rotatable bonds is 4. The molecule has 1 atom stereocenters. The van der Waals surface area contributed by atoms with E-state index in [4.69, 9.17) is 0 Å². The number of allylic oxidation sites excluding steroid dienone is 2. The lowest BCUT2D eigenvalue weighted by Gasteiger charge is -2.24. The van der Waals surface area contributed by atoms with Crippen molar-refractivity contribution in [1.82, 2.24) is 10.2 Å². The maximum atomic E-state index is 12.4. The molecule has 1 N–H and O–H groups in total. The third-order valence-corrected chi connectivity index (χ3v) is 3.86. The smallest absolute Gasteiger partial charge is 0.251 e. The molecule has 1 aliphatic rings. The van der Waals surface area contributed by atoms with E-state index in [1.54, 1.807) is 24.1 Å². The zero-order valence-electron chi connectivity index (χ0n) is 12.6. The van der Waals surface area contributed by atoms with E-state index in [0.717, 1.165) is 24.8 Å². The fraction of sp³-hybridized carbons (Fsp3) is 0.412. The molecule has 0 heterocycles. The van der Waals surface area contributed by atoms with Crippen molar-refractivity contribution in [3.8, 4) is 0 Å². The normalized spacial score (nSPS) is 17.3. The second kappa shape index (κ2) is 7.07. The molecule has 2 rings (SSSR count). The highest BCUT2D eigenvalue weighted by molar-refractivity contribution is 5.93. The highest BCUT2D eigenvalue weighted by Crippen LogP contribution is 2.21. The summed E-state index contributed by atoms with van der Waals surface area (Å²) < 4.78 is 0. The Bertz CT molecular complexity index is 534. The van der Waals surface area contributed by atoms with Gasteiger partial charge in [0.2, 0.25) is 5.91 Å². The van der Waals surface area contributed by atoms with E-state index in [2.05, 4.69) is 17.5 Å². The summed E-state index contributed by atoms with van der Waals surface area (Å²) in [6, 6.07) is 7.37. The number of nitrogens with zero attached hydrogens (tertiary/aromatic N) is 1. The first kappa shape index (κ1) is 15.3. The molecular formula is C17H22N2O2. The van der Waals surface area contributed by atoms with E-state index in [1.165, 1.54) is 0 Å². The largest absolute Gasteiger partial charge is 0.355 e. The number of carbonyl (C=O) groups excluding carboxylic acids is 2. The summed E-state index contributed by atoms with van der Waals surface area (Å²) in [5.41, 5.74) is 1.66. The Labute approximate surface area is 125 Å².